The number of carboxylic acids is 1. The van der Waals surface area contributed by atoms with E-state index in [1.165, 1.54) is 0 Å². The summed E-state index contributed by atoms with van der Waals surface area (Å²) in [6, 6.07) is 0. The van der Waals surface area contributed by atoms with Gasteiger partial charge in [-0.25, -0.2) is 0 Å². The second-order valence-electron chi connectivity index (χ2n) is 3.87. The summed E-state index contributed by atoms with van der Waals surface area (Å²) in [4.78, 5) is 16.7. The summed E-state index contributed by atoms with van der Waals surface area (Å²) in [5.74, 6) is 0.484. The Morgan fingerprint density at radius 2 is 2.24 bits per heavy atom. The maximum Gasteiger partial charge on any atom is 0.304 e. The van der Waals surface area contributed by atoms with Crippen molar-refractivity contribution in [1.29, 1.82) is 0 Å². The fraction of sp³-hybridized carbons (Fsp3) is 0.727. The Morgan fingerprint density at radius 3 is 2.82 bits per heavy atom. The summed E-state index contributed by atoms with van der Waals surface area (Å²) in [6.07, 6.45) is 1.92. The molecule has 1 rings (SSSR count). The molecule has 1 aromatic rings. The van der Waals surface area contributed by atoms with E-state index < -0.39 is 5.97 Å². The van der Waals surface area contributed by atoms with Crippen LogP contribution in [0.25, 0.3) is 0 Å². The number of aryl methyl sites for hydroxylation is 1. The first-order chi connectivity index (χ1) is 8.15. The first kappa shape index (κ1) is 13.6. The third-order valence-electron chi connectivity index (χ3n) is 2.43. The lowest BCUT2D eigenvalue weighted by Gasteiger charge is -2.16. The highest BCUT2D eigenvalue weighted by atomic mass is 16.5. The highest BCUT2D eigenvalue weighted by molar-refractivity contribution is 5.66. The van der Waals surface area contributed by atoms with E-state index in [0.29, 0.717) is 19.0 Å². The largest absolute Gasteiger partial charge is 0.481 e. The Hall–Kier alpha value is -1.43. The lowest BCUT2D eigenvalue weighted by molar-refractivity contribution is -0.137. The Labute approximate surface area is 101 Å². The van der Waals surface area contributed by atoms with Crippen molar-refractivity contribution in [3.05, 3.63) is 11.7 Å². The van der Waals surface area contributed by atoms with Gasteiger partial charge in [0.15, 0.2) is 5.82 Å². The number of rotatable bonds is 8. The van der Waals surface area contributed by atoms with Crippen LogP contribution in [0.4, 0.5) is 0 Å². The van der Waals surface area contributed by atoms with Gasteiger partial charge in [0.25, 0.3) is 0 Å². The summed E-state index contributed by atoms with van der Waals surface area (Å²) < 4.78 is 5.11. The van der Waals surface area contributed by atoms with E-state index in [2.05, 4.69) is 17.1 Å². The summed E-state index contributed by atoms with van der Waals surface area (Å²) in [5.41, 5.74) is 0. The monoisotopic (exact) mass is 241 g/mol. The third kappa shape index (κ3) is 4.95. The lowest BCUT2D eigenvalue weighted by atomic mass is 10.3. The molecule has 0 bridgehead atoms. The number of aromatic nitrogens is 2. The van der Waals surface area contributed by atoms with Crippen molar-refractivity contribution < 1.29 is 14.4 Å². The number of carboxylic acid groups (broad SMARTS) is 1. The molecule has 17 heavy (non-hydrogen) atoms. The van der Waals surface area contributed by atoms with Gasteiger partial charge in [-0.3, -0.25) is 9.69 Å². The smallest absolute Gasteiger partial charge is 0.304 e. The second kappa shape index (κ2) is 7.01. The number of hydrogen-bond donors (Lipinski definition) is 1. The standard InChI is InChI=1S/C11H19N3O3/c1-3-5-9-12-10(17-13-9)8-14(4-2)7-6-11(15)16/h3-8H2,1-2H3,(H,15,16). The average Bonchev–Trinajstić information content (AvgIpc) is 2.72. The van der Waals surface area contributed by atoms with Gasteiger partial charge < -0.3 is 9.63 Å². The molecule has 0 saturated heterocycles. The topological polar surface area (TPSA) is 79.5 Å². The van der Waals surface area contributed by atoms with E-state index in [-0.39, 0.29) is 6.42 Å². The zero-order valence-corrected chi connectivity index (χ0v) is 10.3. The fourth-order valence-electron chi connectivity index (χ4n) is 1.47. The van der Waals surface area contributed by atoms with Crippen molar-refractivity contribution in [2.75, 3.05) is 13.1 Å². The summed E-state index contributed by atoms with van der Waals surface area (Å²) >= 11 is 0. The fourth-order valence-corrected chi connectivity index (χ4v) is 1.47. The van der Waals surface area contributed by atoms with E-state index in [1.54, 1.807) is 0 Å². The predicted octanol–water partition coefficient (Wildman–Crippen LogP) is 1.32. The molecule has 0 saturated carbocycles. The zero-order chi connectivity index (χ0) is 12.7. The molecule has 1 heterocycles. The molecule has 0 aromatic carbocycles. The Kier molecular flexibility index (Phi) is 5.62. The van der Waals surface area contributed by atoms with Crippen LogP contribution < -0.4 is 0 Å². The molecule has 0 amide bonds. The van der Waals surface area contributed by atoms with E-state index in [0.717, 1.165) is 25.2 Å². The van der Waals surface area contributed by atoms with Crippen molar-refractivity contribution in [1.82, 2.24) is 15.0 Å². The highest BCUT2D eigenvalue weighted by Crippen LogP contribution is 2.04. The maximum absolute atomic E-state index is 10.5. The van der Waals surface area contributed by atoms with Crippen molar-refractivity contribution >= 4 is 5.97 Å². The van der Waals surface area contributed by atoms with Gasteiger partial charge in [-0.2, -0.15) is 4.98 Å². The minimum absolute atomic E-state index is 0.129. The van der Waals surface area contributed by atoms with Crippen LogP contribution in [0.2, 0.25) is 0 Å². The van der Waals surface area contributed by atoms with Crippen molar-refractivity contribution in [3.8, 4) is 0 Å². The van der Waals surface area contributed by atoms with Gasteiger partial charge in [-0.05, 0) is 13.0 Å². The quantitative estimate of drug-likeness (QED) is 0.739. The van der Waals surface area contributed by atoms with Crippen LogP contribution in [0, 0.1) is 0 Å². The Bertz CT molecular complexity index is 351. The molecule has 96 valence electrons. The Morgan fingerprint density at radius 1 is 1.47 bits per heavy atom. The summed E-state index contributed by atoms with van der Waals surface area (Å²) in [5, 5.41) is 12.5. The van der Waals surface area contributed by atoms with Crippen LogP contribution in [0.15, 0.2) is 4.52 Å². The number of carbonyl (C=O) groups is 1. The average molecular weight is 241 g/mol. The molecule has 6 heteroatoms. The summed E-state index contributed by atoms with van der Waals surface area (Å²) in [6.45, 7) is 5.81. The molecule has 0 atom stereocenters. The zero-order valence-electron chi connectivity index (χ0n) is 10.3. The van der Waals surface area contributed by atoms with Crippen molar-refractivity contribution in [2.45, 2.75) is 39.7 Å². The Balaban J connectivity index is 2.45. The molecule has 0 aliphatic carbocycles. The van der Waals surface area contributed by atoms with Crippen molar-refractivity contribution in [2.24, 2.45) is 0 Å². The van der Waals surface area contributed by atoms with Gasteiger partial charge in [0.05, 0.1) is 13.0 Å². The minimum atomic E-state index is -0.791. The maximum atomic E-state index is 10.5. The number of nitrogens with zero attached hydrogens (tertiary/aromatic N) is 3. The van der Waals surface area contributed by atoms with Gasteiger partial charge in [0, 0.05) is 13.0 Å². The van der Waals surface area contributed by atoms with Gasteiger partial charge in [-0.15, -0.1) is 0 Å². The van der Waals surface area contributed by atoms with E-state index >= 15 is 0 Å². The van der Waals surface area contributed by atoms with Crippen LogP contribution in [-0.4, -0.2) is 39.2 Å². The molecule has 0 unspecified atom stereocenters. The van der Waals surface area contributed by atoms with Crippen LogP contribution in [0.3, 0.4) is 0 Å². The molecule has 1 aromatic heterocycles. The molecule has 0 fully saturated rings. The van der Waals surface area contributed by atoms with Crippen LogP contribution >= 0.6 is 0 Å². The van der Waals surface area contributed by atoms with Gasteiger partial charge in [0.2, 0.25) is 5.89 Å². The van der Waals surface area contributed by atoms with E-state index in [1.807, 2.05) is 11.8 Å². The minimum Gasteiger partial charge on any atom is -0.481 e. The molecule has 0 spiro atoms. The van der Waals surface area contributed by atoms with Gasteiger partial charge in [0.1, 0.15) is 0 Å². The first-order valence-corrected chi connectivity index (χ1v) is 5.91. The predicted molar refractivity (Wildman–Crippen MR) is 61.5 cm³/mol. The first-order valence-electron chi connectivity index (χ1n) is 5.91. The van der Waals surface area contributed by atoms with Crippen molar-refractivity contribution in [3.63, 3.8) is 0 Å². The van der Waals surface area contributed by atoms with Gasteiger partial charge in [-0.1, -0.05) is 19.0 Å². The molecule has 0 aliphatic rings. The SMILES string of the molecule is CCCc1noc(CN(CC)CCC(=O)O)n1. The van der Waals surface area contributed by atoms with E-state index in [4.69, 9.17) is 9.63 Å². The van der Waals surface area contributed by atoms with Crippen LogP contribution in [0.5, 0.6) is 0 Å². The number of hydrogen-bond acceptors (Lipinski definition) is 5. The number of aliphatic carboxylic acids is 1. The van der Waals surface area contributed by atoms with Gasteiger partial charge >= 0.3 is 5.97 Å². The van der Waals surface area contributed by atoms with E-state index in [9.17, 15) is 4.79 Å². The van der Waals surface area contributed by atoms with Crippen LogP contribution in [-0.2, 0) is 17.8 Å². The molecular formula is C11H19N3O3. The highest BCUT2D eigenvalue weighted by Gasteiger charge is 2.11. The summed E-state index contributed by atoms with van der Waals surface area (Å²) in [7, 11) is 0. The third-order valence-corrected chi connectivity index (χ3v) is 2.43. The lowest BCUT2D eigenvalue weighted by Crippen LogP contribution is -2.25. The molecular weight excluding hydrogens is 222 g/mol. The van der Waals surface area contributed by atoms with Crippen LogP contribution in [0.1, 0.15) is 38.4 Å². The normalized spacial score (nSPS) is 11.0. The second-order valence-corrected chi connectivity index (χ2v) is 3.87. The molecule has 0 radical (unpaired) electrons. The molecule has 6 nitrogen and oxygen atoms in total. The molecule has 1 N–H and O–H groups in total. The molecule has 0 aliphatic heterocycles.